The highest BCUT2D eigenvalue weighted by Gasteiger charge is 2.14. The standard InChI is InChI=1S/C23H18N2O6/c26-21(14-30-16-9-7-15-8-10-22(27)31-20(15)12-16)25-19-6-2-1-5-18(19)23(28)24-13-17-4-3-11-29-17/h1-12H,13-14H2,(H,24,28)(H,25,26). The summed E-state index contributed by atoms with van der Waals surface area (Å²) >= 11 is 0. The number of rotatable bonds is 7. The number of benzene rings is 2. The van der Waals surface area contributed by atoms with Crippen molar-refractivity contribution in [3.05, 3.63) is 94.7 Å². The van der Waals surface area contributed by atoms with Crippen LogP contribution in [0.4, 0.5) is 5.69 Å². The van der Waals surface area contributed by atoms with Gasteiger partial charge in [-0.25, -0.2) is 4.79 Å². The molecule has 0 aliphatic carbocycles. The molecule has 0 radical (unpaired) electrons. The van der Waals surface area contributed by atoms with E-state index in [2.05, 4.69) is 10.6 Å². The summed E-state index contributed by atoms with van der Waals surface area (Å²) in [5, 5.41) is 6.16. The number of carbonyl (C=O) groups is 2. The van der Waals surface area contributed by atoms with Crippen LogP contribution in [0.2, 0.25) is 0 Å². The molecule has 2 aromatic carbocycles. The highest BCUT2D eigenvalue weighted by atomic mass is 16.5. The first-order chi connectivity index (χ1) is 15.1. The van der Waals surface area contributed by atoms with Crippen molar-refractivity contribution in [2.45, 2.75) is 6.54 Å². The molecule has 8 nitrogen and oxygen atoms in total. The lowest BCUT2D eigenvalue weighted by atomic mass is 10.1. The minimum absolute atomic E-state index is 0.231. The van der Waals surface area contributed by atoms with Crippen LogP contribution in [0, 0.1) is 0 Å². The van der Waals surface area contributed by atoms with Gasteiger partial charge in [-0.15, -0.1) is 0 Å². The lowest BCUT2D eigenvalue weighted by molar-refractivity contribution is -0.118. The molecule has 2 N–H and O–H groups in total. The van der Waals surface area contributed by atoms with Crippen LogP contribution in [0.5, 0.6) is 5.75 Å². The van der Waals surface area contributed by atoms with E-state index >= 15 is 0 Å². The number of carbonyl (C=O) groups excluding carboxylic acids is 2. The Balaban J connectivity index is 1.38. The Labute approximate surface area is 176 Å². The molecule has 2 aromatic heterocycles. The smallest absolute Gasteiger partial charge is 0.336 e. The van der Waals surface area contributed by atoms with E-state index in [1.54, 1.807) is 60.7 Å². The molecule has 2 amide bonds. The predicted molar refractivity (Wildman–Crippen MR) is 113 cm³/mol. The molecule has 0 spiro atoms. The number of hydrogen-bond acceptors (Lipinski definition) is 6. The Hall–Kier alpha value is -4.33. The van der Waals surface area contributed by atoms with Crippen LogP contribution in [-0.2, 0) is 11.3 Å². The van der Waals surface area contributed by atoms with E-state index in [1.807, 2.05) is 0 Å². The average Bonchev–Trinajstić information content (AvgIpc) is 3.30. The lowest BCUT2D eigenvalue weighted by Gasteiger charge is -2.12. The van der Waals surface area contributed by atoms with Crippen molar-refractivity contribution >= 4 is 28.5 Å². The first-order valence-corrected chi connectivity index (χ1v) is 9.45. The molecule has 0 bridgehead atoms. The first kappa shape index (κ1) is 20.0. The fraction of sp³-hybridized carbons (Fsp3) is 0.0870. The van der Waals surface area contributed by atoms with Gasteiger partial charge >= 0.3 is 5.63 Å². The summed E-state index contributed by atoms with van der Waals surface area (Å²) in [6, 6.07) is 18.1. The van der Waals surface area contributed by atoms with Gasteiger partial charge in [0, 0.05) is 17.5 Å². The summed E-state index contributed by atoms with van der Waals surface area (Å²) in [5.41, 5.74) is 0.570. The third kappa shape index (κ3) is 4.99. The van der Waals surface area contributed by atoms with Crippen LogP contribution in [-0.4, -0.2) is 18.4 Å². The molecule has 0 aliphatic rings. The van der Waals surface area contributed by atoms with Gasteiger partial charge in [-0.05, 0) is 42.5 Å². The van der Waals surface area contributed by atoms with E-state index in [0.717, 1.165) is 5.39 Å². The molecular formula is C23H18N2O6. The quantitative estimate of drug-likeness (QED) is 0.446. The zero-order chi connectivity index (χ0) is 21.6. The molecule has 0 aliphatic heterocycles. The SMILES string of the molecule is O=C(COc1ccc2ccc(=O)oc2c1)Nc1ccccc1C(=O)NCc1ccco1. The van der Waals surface area contributed by atoms with Crippen LogP contribution in [0.1, 0.15) is 16.1 Å². The van der Waals surface area contributed by atoms with E-state index in [1.165, 1.54) is 12.3 Å². The van der Waals surface area contributed by atoms with Crippen LogP contribution in [0.15, 0.2) is 86.6 Å². The zero-order valence-corrected chi connectivity index (χ0v) is 16.3. The number of anilines is 1. The second-order valence-corrected chi connectivity index (χ2v) is 6.60. The van der Waals surface area contributed by atoms with Crippen molar-refractivity contribution in [2.75, 3.05) is 11.9 Å². The normalized spacial score (nSPS) is 10.6. The van der Waals surface area contributed by atoms with E-state index in [-0.39, 0.29) is 19.1 Å². The molecule has 31 heavy (non-hydrogen) atoms. The van der Waals surface area contributed by atoms with Crippen molar-refractivity contribution in [3.8, 4) is 5.75 Å². The molecule has 0 atom stereocenters. The number of furan rings is 1. The van der Waals surface area contributed by atoms with Crippen LogP contribution in [0.3, 0.4) is 0 Å². The largest absolute Gasteiger partial charge is 0.484 e. The maximum atomic E-state index is 12.5. The van der Waals surface area contributed by atoms with Gasteiger partial charge < -0.3 is 24.2 Å². The molecule has 0 fully saturated rings. The first-order valence-electron chi connectivity index (χ1n) is 9.45. The van der Waals surface area contributed by atoms with E-state index in [9.17, 15) is 14.4 Å². The van der Waals surface area contributed by atoms with Crippen LogP contribution >= 0.6 is 0 Å². The third-order valence-corrected chi connectivity index (χ3v) is 4.41. The third-order valence-electron chi connectivity index (χ3n) is 4.41. The zero-order valence-electron chi connectivity index (χ0n) is 16.3. The molecule has 2 heterocycles. The fourth-order valence-electron chi connectivity index (χ4n) is 2.93. The molecule has 0 saturated carbocycles. The van der Waals surface area contributed by atoms with Gasteiger partial charge in [-0.1, -0.05) is 12.1 Å². The van der Waals surface area contributed by atoms with Gasteiger partial charge in [0.25, 0.3) is 11.8 Å². The Bertz CT molecular complexity index is 1280. The fourth-order valence-corrected chi connectivity index (χ4v) is 2.93. The summed E-state index contributed by atoms with van der Waals surface area (Å²) in [7, 11) is 0. The lowest BCUT2D eigenvalue weighted by Crippen LogP contribution is -2.26. The summed E-state index contributed by atoms with van der Waals surface area (Å²) in [6.07, 6.45) is 1.53. The topological polar surface area (TPSA) is 111 Å². The summed E-state index contributed by atoms with van der Waals surface area (Å²) in [6.45, 7) is -0.0553. The molecular weight excluding hydrogens is 400 g/mol. The summed E-state index contributed by atoms with van der Waals surface area (Å²) in [5.74, 6) is 0.203. The predicted octanol–water partition coefficient (Wildman–Crippen LogP) is 3.33. The van der Waals surface area contributed by atoms with Gasteiger partial charge in [0.2, 0.25) is 0 Å². The Morgan fingerprint density at radius 3 is 2.65 bits per heavy atom. The van der Waals surface area contributed by atoms with Crippen molar-refractivity contribution in [1.82, 2.24) is 5.32 Å². The molecule has 4 rings (SSSR count). The van der Waals surface area contributed by atoms with Crippen LogP contribution in [0.25, 0.3) is 11.0 Å². The number of para-hydroxylation sites is 1. The second kappa shape index (κ2) is 9.00. The Morgan fingerprint density at radius 2 is 1.81 bits per heavy atom. The van der Waals surface area contributed by atoms with Gasteiger partial charge in [0.15, 0.2) is 6.61 Å². The van der Waals surface area contributed by atoms with E-state index in [4.69, 9.17) is 13.6 Å². The Morgan fingerprint density at radius 1 is 0.968 bits per heavy atom. The maximum absolute atomic E-state index is 12.5. The molecule has 0 unspecified atom stereocenters. The maximum Gasteiger partial charge on any atom is 0.336 e. The highest BCUT2D eigenvalue weighted by molar-refractivity contribution is 6.04. The van der Waals surface area contributed by atoms with E-state index < -0.39 is 11.5 Å². The van der Waals surface area contributed by atoms with Crippen molar-refractivity contribution in [1.29, 1.82) is 0 Å². The summed E-state index contributed by atoms with van der Waals surface area (Å²) < 4.78 is 15.8. The van der Waals surface area contributed by atoms with Crippen molar-refractivity contribution in [2.24, 2.45) is 0 Å². The minimum atomic E-state index is -0.468. The van der Waals surface area contributed by atoms with Gasteiger partial charge in [0.05, 0.1) is 24.1 Å². The van der Waals surface area contributed by atoms with Crippen LogP contribution < -0.4 is 21.0 Å². The number of amides is 2. The monoisotopic (exact) mass is 418 g/mol. The number of hydrogen-bond donors (Lipinski definition) is 2. The second-order valence-electron chi connectivity index (χ2n) is 6.60. The van der Waals surface area contributed by atoms with Crippen molar-refractivity contribution < 1.29 is 23.2 Å². The van der Waals surface area contributed by atoms with Crippen molar-refractivity contribution in [3.63, 3.8) is 0 Å². The minimum Gasteiger partial charge on any atom is -0.484 e. The number of fused-ring (bicyclic) bond motifs is 1. The summed E-state index contributed by atoms with van der Waals surface area (Å²) in [4.78, 5) is 36.2. The Kier molecular flexibility index (Phi) is 5.79. The highest BCUT2D eigenvalue weighted by Crippen LogP contribution is 2.20. The van der Waals surface area contributed by atoms with E-state index in [0.29, 0.717) is 28.3 Å². The van der Waals surface area contributed by atoms with Gasteiger partial charge in [-0.3, -0.25) is 9.59 Å². The molecule has 0 saturated heterocycles. The molecule has 8 heteroatoms. The molecule has 4 aromatic rings. The van der Waals surface area contributed by atoms with Gasteiger partial charge in [0.1, 0.15) is 17.1 Å². The average molecular weight is 418 g/mol. The number of nitrogens with one attached hydrogen (secondary N) is 2. The van der Waals surface area contributed by atoms with Gasteiger partial charge in [-0.2, -0.15) is 0 Å². The number of ether oxygens (including phenoxy) is 1. The molecule has 156 valence electrons.